The van der Waals surface area contributed by atoms with Gasteiger partial charge in [-0.3, -0.25) is 4.79 Å². The van der Waals surface area contributed by atoms with Crippen molar-refractivity contribution in [3.05, 3.63) is 29.8 Å². The fourth-order valence-corrected chi connectivity index (χ4v) is 3.84. The number of piperidine rings is 1. The van der Waals surface area contributed by atoms with Crippen molar-refractivity contribution < 1.29 is 14.3 Å². The van der Waals surface area contributed by atoms with Crippen LogP contribution in [-0.2, 0) is 11.2 Å². The maximum Gasteiger partial charge on any atom is 0.318 e. The molecule has 1 aromatic rings. The smallest absolute Gasteiger partial charge is 0.318 e. The molecule has 0 saturated carbocycles. The number of amides is 3. The van der Waals surface area contributed by atoms with E-state index in [1.54, 1.807) is 7.11 Å². The third kappa shape index (κ3) is 4.68. The van der Waals surface area contributed by atoms with Crippen LogP contribution in [0.4, 0.5) is 4.79 Å². The Labute approximate surface area is 155 Å². The van der Waals surface area contributed by atoms with Gasteiger partial charge >= 0.3 is 6.03 Å². The van der Waals surface area contributed by atoms with Gasteiger partial charge in [-0.15, -0.1) is 0 Å². The molecule has 3 rings (SSSR count). The number of nitrogens with zero attached hydrogens (tertiary/aromatic N) is 2. The third-order valence-electron chi connectivity index (χ3n) is 5.37. The number of carbonyl (C=O) groups is 2. The van der Waals surface area contributed by atoms with Gasteiger partial charge in [0.1, 0.15) is 5.75 Å². The molecule has 2 saturated heterocycles. The van der Waals surface area contributed by atoms with E-state index in [2.05, 4.69) is 17.4 Å². The van der Waals surface area contributed by atoms with Crippen LogP contribution in [0.3, 0.4) is 0 Å². The third-order valence-corrected chi connectivity index (χ3v) is 5.37. The van der Waals surface area contributed by atoms with Gasteiger partial charge in [0.15, 0.2) is 0 Å². The van der Waals surface area contributed by atoms with Gasteiger partial charge in [0, 0.05) is 25.7 Å². The Morgan fingerprint density at radius 2 is 1.77 bits per heavy atom. The first-order chi connectivity index (χ1) is 12.7. The monoisotopic (exact) mass is 359 g/mol. The molecule has 2 fully saturated rings. The molecule has 0 radical (unpaired) electrons. The lowest BCUT2D eigenvalue weighted by Gasteiger charge is -2.36. The highest BCUT2D eigenvalue weighted by atomic mass is 16.5. The SMILES string of the molecule is COc1ccc(CC2CCCCN2C(=O)NCC(=O)N2CCCC2)cc1. The van der Waals surface area contributed by atoms with Crippen molar-refractivity contribution in [1.82, 2.24) is 15.1 Å². The molecule has 0 aliphatic carbocycles. The number of urea groups is 1. The Balaban J connectivity index is 1.54. The molecule has 26 heavy (non-hydrogen) atoms. The van der Waals surface area contributed by atoms with Gasteiger partial charge in [0.25, 0.3) is 0 Å². The van der Waals surface area contributed by atoms with Crippen molar-refractivity contribution in [3.8, 4) is 5.75 Å². The van der Waals surface area contributed by atoms with Crippen LogP contribution in [0.15, 0.2) is 24.3 Å². The molecule has 2 aliphatic heterocycles. The minimum absolute atomic E-state index is 0.0274. The zero-order chi connectivity index (χ0) is 18.4. The Hall–Kier alpha value is -2.24. The molecule has 0 aromatic heterocycles. The second-order valence-corrected chi connectivity index (χ2v) is 7.14. The van der Waals surface area contributed by atoms with Crippen molar-refractivity contribution in [1.29, 1.82) is 0 Å². The second kappa shape index (κ2) is 8.92. The predicted molar refractivity (Wildman–Crippen MR) is 100 cm³/mol. The topological polar surface area (TPSA) is 61.9 Å². The number of benzene rings is 1. The molecule has 0 bridgehead atoms. The first-order valence-electron chi connectivity index (χ1n) is 9.62. The van der Waals surface area contributed by atoms with Crippen LogP contribution in [0.5, 0.6) is 5.75 Å². The van der Waals surface area contributed by atoms with Crippen LogP contribution >= 0.6 is 0 Å². The van der Waals surface area contributed by atoms with E-state index >= 15 is 0 Å². The Morgan fingerprint density at radius 3 is 2.46 bits per heavy atom. The van der Waals surface area contributed by atoms with Gasteiger partial charge in [0.05, 0.1) is 13.7 Å². The first kappa shape index (κ1) is 18.5. The van der Waals surface area contributed by atoms with Crippen molar-refractivity contribution in [3.63, 3.8) is 0 Å². The van der Waals surface area contributed by atoms with Crippen LogP contribution in [-0.4, -0.2) is 61.1 Å². The van der Waals surface area contributed by atoms with E-state index in [1.807, 2.05) is 21.9 Å². The standard InChI is InChI=1S/C20H29N3O3/c1-26-18-9-7-16(8-10-18)14-17-6-2-3-13-23(17)20(25)21-15-19(24)22-11-4-5-12-22/h7-10,17H,2-6,11-15H2,1H3,(H,21,25). The Bertz CT molecular complexity index is 611. The maximum absolute atomic E-state index is 12.6. The number of likely N-dealkylation sites (tertiary alicyclic amines) is 2. The van der Waals surface area contributed by atoms with Crippen molar-refractivity contribution in [2.75, 3.05) is 33.3 Å². The summed E-state index contributed by atoms with van der Waals surface area (Å²) >= 11 is 0. The number of methoxy groups -OCH3 is 1. The van der Waals surface area contributed by atoms with Crippen LogP contribution in [0.1, 0.15) is 37.7 Å². The van der Waals surface area contributed by atoms with Crippen LogP contribution in [0, 0.1) is 0 Å². The summed E-state index contributed by atoms with van der Waals surface area (Å²) in [5.74, 6) is 0.868. The van der Waals surface area contributed by atoms with E-state index in [1.165, 1.54) is 5.56 Å². The second-order valence-electron chi connectivity index (χ2n) is 7.14. The number of nitrogens with one attached hydrogen (secondary N) is 1. The number of hydrogen-bond acceptors (Lipinski definition) is 3. The molecule has 0 spiro atoms. The fourth-order valence-electron chi connectivity index (χ4n) is 3.84. The van der Waals surface area contributed by atoms with Gasteiger partial charge in [-0.2, -0.15) is 0 Å². The zero-order valence-corrected chi connectivity index (χ0v) is 15.6. The first-order valence-corrected chi connectivity index (χ1v) is 9.62. The summed E-state index contributed by atoms with van der Waals surface area (Å²) in [7, 11) is 1.66. The normalized spacial score (nSPS) is 20.1. The summed E-state index contributed by atoms with van der Waals surface area (Å²) in [4.78, 5) is 28.5. The Morgan fingerprint density at radius 1 is 1.08 bits per heavy atom. The van der Waals surface area contributed by atoms with Gasteiger partial charge in [-0.1, -0.05) is 12.1 Å². The summed E-state index contributed by atoms with van der Waals surface area (Å²) in [5.41, 5.74) is 1.20. The lowest BCUT2D eigenvalue weighted by atomic mass is 9.96. The van der Waals surface area contributed by atoms with Crippen LogP contribution in [0.25, 0.3) is 0 Å². The van der Waals surface area contributed by atoms with Crippen LogP contribution in [0.2, 0.25) is 0 Å². The molecule has 6 heteroatoms. The number of rotatable bonds is 5. The average Bonchev–Trinajstić information content (AvgIpc) is 3.22. The summed E-state index contributed by atoms with van der Waals surface area (Å²) < 4.78 is 5.20. The molecule has 1 unspecified atom stereocenters. The van der Waals surface area contributed by atoms with Gasteiger partial charge in [-0.25, -0.2) is 4.79 Å². The molecule has 1 N–H and O–H groups in total. The molecular formula is C20H29N3O3. The summed E-state index contributed by atoms with van der Waals surface area (Å²) in [6.45, 7) is 2.49. The van der Waals surface area contributed by atoms with Gasteiger partial charge < -0.3 is 19.9 Å². The molecule has 3 amide bonds. The number of ether oxygens (including phenoxy) is 1. The lowest BCUT2D eigenvalue weighted by Crippen LogP contribution is -2.51. The molecule has 2 heterocycles. The molecule has 6 nitrogen and oxygen atoms in total. The average molecular weight is 359 g/mol. The predicted octanol–water partition coefficient (Wildman–Crippen LogP) is 2.42. The molecule has 1 aromatic carbocycles. The maximum atomic E-state index is 12.6. The summed E-state index contributed by atoms with van der Waals surface area (Å²) in [6.07, 6.45) is 6.12. The van der Waals surface area contributed by atoms with E-state index in [-0.39, 0.29) is 24.5 Å². The highest BCUT2D eigenvalue weighted by Gasteiger charge is 2.27. The van der Waals surface area contributed by atoms with Crippen molar-refractivity contribution >= 4 is 11.9 Å². The number of carbonyl (C=O) groups excluding carboxylic acids is 2. The molecule has 2 aliphatic rings. The summed E-state index contributed by atoms with van der Waals surface area (Å²) in [5, 5.41) is 2.84. The summed E-state index contributed by atoms with van der Waals surface area (Å²) in [6, 6.07) is 8.09. The van der Waals surface area contributed by atoms with E-state index in [0.29, 0.717) is 0 Å². The minimum Gasteiger partial charge on any atom is -0.497 e. The fraction of sp³-hybridized carbons (Fsp3) is 0.600. The lowest BCUT2D eigenvalue weighted by molar-refractivity contribution is -0.129. The largest absolute Gasteiger partial charge is 0.497 e. The Kier molecular flexibility index (Phi) is 6.36. The zero-order valence-electron chi connectivity index (χ0n) is 15.6. The van der Waals surface area contributed by atoms with Gasteiger partial charge in [0.2, 0.25) is 5.91 Å². The van der Waals surface area contributed by atoms with E-state index in [0.717, 1.165) is 63.9 Å². The van der Waals surface area contributed by atoms with Gasteiger partial charge in [-0.05, 0) is 56.2 Å². The molecule has 142 valence electrons. The van der Waals surface area contributed by atoms with Crippen molar-refractivity contribution in [2.24, 2.45) is 0 Å². The van der Waals surface area contributed by atoms with E-state index < -0.39 is 0 Å². The highest BCUT2D eigenvalue weighted by Crippen LogP contribution is 2.22. The molecule has 1 atom stereocenters. The van der Waals surface area contributed by atoms with E-state index in [9.17, 15) is 9.59 Å². The highest BCUT2D eigenvalue weighted by molar-refractivity contribution is 5.84. The minimum atomic E-state index is -0.115. The quantitative estimate of drug-likeness (QED) is 0.878. The molecular weight excluding hydrogens is 330 g/mol. The van der Waals surface area contributed by atoms with Crippen LogP contribution < -0.4 is 10.1 Å². The van der Waals surface area contributed by atoms with E-state index in [4.69, 9.17) is 4.74 Å². The number of hydrogen-bond donors (Lipinski definition) is 1. The van der Waals surface area contributed by atoms with Crippen molar-refractivity contribution in [2.45, 2.75) is 44.6 Å².